The van der Waals surface area contributed by atoms with Crippen molar-refractivity contribution in [2.24, 2.45) is 5.10 Å². The van der Waals surface area contributed by atoms with E-state index < -0.39 is 4.92 Å². The molecule has 7 heteroatoms. The van der Waals surface area contributed by atoms with Crippen molar-refractivity contribution in [1.29, 1.82) is 0 Å². The summed E-state index contributed by atoms with van der Waals surface area (Å²) >= 11 is 0. The van der Waals surface area contributed by atoms with Crippen LogP contribution in [0.25, 0.3) is 0 Å². The molecule has 0 aliphatic carbocycles. The van der Waals surface area contributed by atoms with E-state index in [0.29, 0.717) is 5.56 Å². The van der Waals surface area contributed by atoms with Gasteiger partial charge in [-0.2, -0.15) is 5.10 Å². The molecule has 1 N–H and O–H groups in total. The molecule has 0 unspecified atom stereocenters. The molecule has 0 bridgehead atoms. The van der Waals surface area contributed by atoms with Crippen LogP contribution in [0.5, 0.6) is 0 Å². The first-order chi connectivity index (χ1) is 10.1. The van der Waals surface area contributed by atoms with E-state index in [0.717, 1.165) is 25.8 Å². The minimum absolute atomic E-state index is 0.0278. The molecule has 21 heavy (non-hydrogen) atoms. The molecule has 1 aliphatic rings. The highest BCUT2D eigenvalue weighted by molar-refractivity contribution is 5.85. The number of likely N-dealkylation sites (N-methyl/N-ethyl adjacent to an activating group) is 1. The van der Waals surface area contributed by atoms with Crippen LogP contribution >= 0.6 is 0 Å². The van der Waals surface area contributed by atoms with E-state index in [-0.39, 0.29) is 17.6 Å². The zero-order valence-electron chi connectivity index (χ0n) is 11.9. The van der Waals surface area contributed by atoms with E-state index in [1.807, 2.05) is 11.9 Å². The third-order valence-electron chi connectivity index (χ3n) is 3.57. The van der Waals surface area contributed by atoms with Gasteiger partial charge in [0.05, 0.1) is 17.2 Å². The Bertz CT molecular complexity index is 542. The minimum atomic E-state index is -0.457. The summed E-state index contributed by atoms with van der Waals surface area (Å²) < 4.78 is 0. The number of carbonyl (C=O) groups is 1. The van der Waals surface area contributed by atoms with Crippen molar-refractivity contribution in [2.45, 2.75) is 25.3 Å². The monoisotopic (exact) mass is 290 g/mol. The van der Waals surface area contributed by atoms with Crippen LogP contribution in [0, 0.1) is 10.1 Å². The Morgan fingerprint density at radius 3 is 2.76 bits per heavy atom. The van der Waals surface area contributed by atoms with Crippen molar-refractivity contribution < 1.29 is 9.72 Å². The average Bonchev–Trinajstić information content (AvgIpc) is 2.48. The average molecular weight is 290 g/mol. The van der Waals surface area contributed by atoms with Crippen molar-refractivity contribution in [3.63, 3.8) is 0 Å². The molecule has 1 heterocycles. The molecule has 1 amide bonds. The Balaban J connectivity index is 1.89. The zero-order valence-corrected chi connectivity index (χ0v) is 11.9. The van der Waals surface area contributed by atoms with E-state index in [9.17, 15) is 14.9 Å². The van der Waals surface area contributed by atoms with Crippen molar-refractivity contribution in [3.05, 3.63) is 39.9 Å². The third kappa shape index (κ3) is 4.09. The van der Waals surface area contributed by atoms with E-state index in [1.54, 1.807) is 12.1 Å². The maximum absolute atomic E-state index is 12.0. The summed E-state index contributed by atoms with van der Waals surface area (Å²) in [6.45, 7) is 0.921. The van der Waals surface area contributed by atoms with Crippen molar-refractivity contribution in [1.82, 2.24) is 10.3 Å². The number of piperidine rings is 1. The molecular formula is C14H18N4O3. The lowest BCUT2D eigenvalue weighted by Crippen LogP contribution is -2.46. The number of benzene rings is 1. The van der Waals surface area contributed by atoms with E-state index in [4.69, 9.17) is 0 Å². The second kappa shape index (κ2) is 6.94. The number of nitrogens with one attached hydrogen (secondary N) is 1. The molecule has 0 saturated carbocycles. The lowest BCUT2D eigenvalue weighted by atomic mass is 10.0. The summed E-state index contributed by atoms with van der Waals surface area (Å²) in [5, 5.41) is 14.4. The van der Waals surface area contributed by atoms with Gasteiger partial charge in [-0.15, -0.1) is 0 Å². The SMILES string of the molecule is CN1CCCC[C@@H]1C(=O)N/N=C\c1ccc([N+](=O)[O-])cc1. The fourth-order valence-electron chi connectivity index (χ4n) is 2.33. The smallest absolute Gasteiger partial charge is 0.269 e. The number of hydrogen-bond donors (Lipinski definition) is 1. The molecular weight excluding hydrogens is 272 g/mol. The van der Waals surface area contributed by atoms with Gasteiger partial charge in [0.15, 0.2) is 0 Å². The van der Waals surface area contributed by atoms with Crippen LogP contribution in [0.1, 0.15) is 24.8 Å². The Kier molecular flexibility index (Phi) is 4.99. The summed E-state index contributed by atoms with van der Waals surface area (Å²) in [5.41, 5.74) is 3.24. The Morgan fingerprint density at radius 2 is 2.14 bits per heavy atom. The normalized spacial score (nSPS) is 19.6. The van der Waals surface area contributed by atoms with Crippen molar-refractivity contribution >= 4 is 17.8 Å². The zero-order chi connectivity index (χ0) is 15.2. The number of rotatable bonds is 4. The van der Waals surface area contributed by atoms with Crippen LogP contribution in [0.15, 0.2) is 29.4 Å². The van der Waals surface area contributed by atoms with E-state index >= 15 is 0 Å². The van der Waals surface area contributed by atoms with Crippen LogP contribution in [0.4, 0.5) is 5.69 Å². The van der Waals surface area contributed by atoms with Crippen LogP contribution in [-0.4, -0.2) is 41.6 Å². The van der Waals surface area contributed by atoms with Gasteiger partial charge < -0.3 is 0 Å². The summed E-state index contributed by atoms with van der Waals surface area (Å²) in [7, 11) is 1.93. The Labute approximate surface area is 122 Å². The highest BCUT2D eigenvalue weighted by Gasteiger charge is 2.25. The van der Waals surface area contributed by atoms with E-state index in [1.165, 1.54) is 18.3 Å². The van der Waals surface area contributed by atoms with Gasteiger partial charge in [-0.05, 0) is 44.1 Å². The molecule has 7 nitrogen and oxygen atoms in total. The molecule has 0 spiro atoms. The van der Waals surface area contributed by atoms with Crippen LogP contribution in [0.3, 0.4) is 0 Å². The number of hydrazone groups is 1. The lowest BCUT2D eigenvalue weighted by Gasteiger charge is -2.30. The Morgan fingerprint density at radius 1 is 1.43 bits per heavy atom. The molecule has 1 fully saturated rings. The predicted molar refractivity (Wildman–Crippen MR) is 79.1 cm³/mol. The first-order valence-corrected chi connectivity index (χ1v) is 6.85. The second-order valence-electron chi connectivity index (χ2n) is 5.08. The fourth-order valence-corrected chi connectivity index (χ4v) is 2.33. The summed E-state index contributed by atoms with van der Waals surface area (Å²) in [5.74, 6) is -0.115. The molecule has 0 radical (unpaired) electrons. The van der Waals surface area contributed by atoms with Gasteiger partial charge >= 0.3 is 0 Å². The standard InChI is InChI=1S/C14H18N4O3/c1-17-9-3-2-4-13(17)14(19)16-15-10-11-5-7-12(8-6-11)18(20)21/h5-8,10,13H,2-4,9H2,1H3,(H,16,19)/b15-10-/t13-/m1/s1. The van der Waals surface area contributed by atoms with Gasteiger partial charge in [-0.25, -0.2) is 5.43 Å². The second-order valence-corrected chi connectivity index (χ2v) is 5.08. The quantitative estimate of drug-likeness (QED) is 0.517. The predicted octanol–water partition coefficient (Wildman–Crippen LogP) is 1.53. The van der Waals surface area contributed by atoms with Gasteiger partial charge in [0, 0.05) is 12.1 Å². The number of non-ortho nitro benzene ring substituents is 1. The van der Waals surface area contributed by atoms with Gasteiger partial charge in [0.1, 0.15) is 0 Å². The number of nitro groups is 1. The Hall–Kier alpha value is -2.28. The molecule has 112 valence electrons. The van der Waals surface area contributed by atoms with Gasteiger partial charge in [-0.1, -0.05) is 6.42 Å². The van der Waals surface area contributed by atoms with Gasteiger partial charge in [-0.3, -0.25) is 19.8 Å². The highest BCUT2D eigenvalue weighted by atomic mass is 16.6. The van der Waals surface area contributed by atoms with Crippen molar-refractivity contribution in [2.75, 3.05) is 13.6 Å². The number of amides is 1. The third-order valence-corrected chi connectivity index (χ3v) is 3.57. The highest BCUT2D eigenvalue weighted by Crippen LogP contribution is 2.15. The van der Waals surface area contributed by atoms with Gasteiger partial charge in [0.25, 0.3) is 11.6 Å². The number of likely N-dealkylation sites (tertiary alicyclic amines) is 1. The number of carbonyl (C=O) groups excluding carboxylic acids is 1. The maximum Gasteiger partial charge on any atom is 0.269 e. The minimum Gasteiger partial charge on any atom is -0.295 e. The number of nitrogens with zero attached hydrogens (tertiary/aromatic N) is 3. The summed E-state index contributed by atoms with van der Waals surface area (Å²) in [6, 6.07) is 5.84. The first kappa shape index (κ1) is 15.1. The van der Waals surface area contributed by atoms with Crippen LogP contribution < -0.4 is 5.43 Å². The molecule has 1 aromatic rings. The maximum atomic E-state index is 12.0. The summed E-state index contributed by atoms with van der Waals surface area (Å²) in [6.07, 6.45) is 4.49. The van der Waals surface area contributed by atoms with Crippen LogP contribution in [-0.2, 0) is 4.79 Å². The van der Waals surface area contributed by atoms with Gasteiger partial charge in [0.2, 0.25) is 0 Å². The fraction of sp³-hybridized carbons (Fsp3) is 0.429. The molecule has 0 aromatic heterocycles. The molecule has 2 rings (SSSR count). The number of hydrogen-bond acceptors (Lipinski definition) is 5. The molecule has 1 aliphatic heterocycles. The lowest BCUT2D eigenvalue weighted by molar-refractivity contribution is -0.384. The van der Waals surface area contributed by atoms with Crippen molar-refractivity contribution in [3.8, 4) is 0 Å². The van der Waals surface area contributed by atoms with Crippen LogP contribution in [0.2, 0.25) is 0 Å². The largest absolute Gasteiger partial charge is 0.295 e. The topological polar surface area (TPSA) is 87.8 Å². The number of nitro benzene ring substituents is 1. The molecule has 1 saturated heterocycles. The molecule has 1 aromatic carbocycles. The molecule has 1 atom stereocenters. The first-order valence-electron chi connectivity index (χ1n) is 6.85. The van der Waals surface area contributed by atoms with E-state index in [2.05, 4.69) is 10.5 Å². The summed E-state index contributed by atoms with van der Waals surface area (Å²) in [4.78, 5) is 24.1.